The Hall–Kier alpha value is -2.85. The summed E-state index contributed by atoms with van der Waals surface area (Å²) in [5.74, 6) is 0. The first-order valence-corrected chi connectivity index (χ1v) is 8.66. The van der Waals surface area contributed by atoms with Crippen LogP contribution in [0.1, 0.15) is 34.4 Å². The van der Waals surface area contributed by atoms with Gasteiger partial charge in [0, 0.05) is 24.5 Å². The van der Waals surface area contributed by atoms with Crippen molar-refractivity contribution in [1.82, 2.24) is 30.3 Å². The molecule has 0 amide bonds. The zero-order valence-corrected chi connectivity index (χ0v) is 14.9. The molecule has 0 radical (unpaired) electrons. The van der Waals surface area contributed by atoms with Crippen molar-refractivity contribution < 1.29 is 17.9 Å². The van der Waals surface area contributed by atoms with Gasteiger partial charge in [0.2, 0.25) is 0 Å². The van der Waals surface area contributed by atoms with E-state index in [4.69, 9.17) is 4.74 Å². The van der Waals surface area contributed by atoms with Gasteiger partial charge >= 0.3 is 6.18 Å². The summed E-state index contributed by atoms with van der Waals surface area (Å²) in [5.41, 5.74) is 2.84. The largest absolute Gasteiger partial charge is 0.433 e. The third kappa shape index (κ3) is 3.60. The molecular weight excluding hydrogens is 373 g/mol. The number of rotatable bonds is 4. The molecule has 146 valence electrons. The molecule has 1 N–H and O–H groups in total. The van der Waals surface area contributed by atoms with Gasteiger partial charge in [-0.2, -0.15) is 13.2 Å². The van der Waals surface area contributed by atoms with E-state index < -0.39 is 11.9 Å². The minimum Gasteiger partial charge on any atom is -0.353 e. The number of halogens is 3. The molecule has 7 nitrogen and oxygen atoms in total. The fourth-order valence-electron chi connectivity index (χ4n) is 3.09. The summed E-state index contributed by atoms with van der Waals surface area (Å²) in [7, 11) is 0. The van der Waals surface area contributed by atoms with Crippen molar-refractivity contribution in [2.75, 3.05) is 6.54 Å². The van der Waals surface area contributed by atoms with E-state index in [2.05, 4.69) is 25.6 Å². The van der Waals surface area contributed by atoms with Gasteiger partial charge < -0.3 is 4.74 Å². The second-order valence-electron chi connectivity index (χ2n) is 6.40. The van der Waals surface area contributed by atoms with Crippen LogP contribution in [0.15, 0.2) is 36.8 Å². The minimum atomic E-state index is -4.49. The number of fused-ring (bicyclic) bond motifs is 1. The second-order valence-corrected chi connectivity index (χ2v) is 6.40. The highest BCUT2D eigenvalue weighted by atomic mass is 19.4. The van der Waals surface area contributed by atoms with E-state index >= 15 is 0 Å². The zero-order valence-electron chi connectivity index (χ0n) is 14.9. The molecule has 0 fully saturated rings. The summed E-state index contributed by atoms with van der Waals surface area (Å²) in [5, 5.41) is 11.3. The Morgan fingerprint density at radius 3 is 2.86 bits per heavy atom. The van der Waals surface area contributed by atoms with Crippen LogP contribution in [-0.4, -0.2) is 31.5 Å². The molecule has 4 rings (SSSR count). The molecule has 4 heterocycles. The molecule has 28 heavy (non-hydrogen) atoms. The summed E-state index contributed by atoms with van der Waals surface area (Å²) in [6.45, 7) is 2.72. The molecule has 1 atom stereocenters. The molecule has 0 bridgehead atoms. The number of alkyl halides is 3. The van der Waals surface area contributed by atoms with Gasteiger partial charge in [-0.25, -0.2) is 9.67 Å². The number of pyridine rings is 2. The van der Waals surface area contributed by atoms with Crippen molar-refractivity contribution in [2.24, 2.45) is 0 Å². The fraction of sp³-hybridized carbons (Fsp3) is 0.333. The summed E-state index contributed by atoms with van der Waals surface area (Å²) in [6.07, 6.45) is 0.727. The minimum absolute atomic E-state index is 0.172. The van der Waals surface area contributed by atoms with Gasteiger partial charge in [-0.05, 0) is 37.1 Å². The molecule has 1 aliphatic rings. The van der Waals surface area contributed by atoms with Gasteiger partial charge in [0.05, 0.1) is 29.9 Å². The van der Waals surface area contributed by atoms with E-state index in [9.17, 15) is 13.2 Å². The lowest BCUT2D eigenvalue weighted by atomic mass is 10.0. The third-order valence-corrected chi connectivity index (χ3v) is 4.58. The van der Waals surface area contributed by atoms with Crippen LogP contribution in [-0.2, 0) is 23.9 Å². The lowest BCUT2D eigenvalue weighted by Crippen LogP contribution is -2.31. The normalized spacial score (nSPS) is 16.8. The van der Waals surface area contributed by atoms with Crippen molar-refractivity contribution in [3.05, 3.63) is 65.0 Å². The molecule has 1 unspecified atom stereocenters. The number of hydrogen-bond acceptors (Lipinski definition) is 6. The zero-order chi connectivity index (χ0) is 19.7. The second kappa shape index (κ2) is 7.28. The van der Waals surface area contributed by atoms with Crippen LogP contribution in [0.4, 0.5) is 13.2 Å². The maximum atomic E-state index is 12.7. The molecule has 1 aliphatic heterocycles. The first-order chi connectivity index (χ1) is 13.4. The first kappa shape index (κ1) is 18.5. The SMILES string of the molecule is Cc1nnn(-c2ccc(C(F)(F)F)nc2)c1COC1NCCc2ccncc21. The number of hydrogen-bond donors (Lipinski definition) is 1. The molecule has 3 aromatic rings. The van der Waals surface area contributed by atoms with E-state index in [0.29, 0.717) is 17.1 Å². The smallest absolute Gasteiger partial charge is 0.353 e. The van der Waals surface area contributed by atoms with Gasteiger partial charge in [-0.3, -0.25) is 10.3 Å². The van der Waals surface area contributed by atoms with Crippen molar-refractivity contribution in [2.45, 2.75) is 32.4 Å². The van der Waals surface area contributed by atoms with Crippen LogP contribution in [0, 0.1) is 6.92 Å². The lowest BCUT2D eigenvalue weighted by molar-refractivity contribution is -0.141. The van der Waals surface area contributed by atoms with E-state index in [0.717, 1.165) is 30.8 Å². The molecular formula is C18H17F3N6O. The first-order valence-electron chi connectivity index (χ1n) is 8.66. The molecule has 0 saturated carbocycles. The predicted molar refractivity (Wildman–Crippen MR) is 92.4 cm³/mol. The van der Waals surface area contributed by atoms with Crippen LogP contribution in [0.25, 0.3) is 5.69 Å². The van der Waals surface area contributed by atoms with Crippen molar-refractivity contribution >= 4 is 0 Å². The molecule has 0 saturated heterocycles. The molecule has 10 heteroatoms. The lowest BCUT2D eigenvalue weighted by Gasteiger charge is -2.26. The Morgan fingerprint density at radius 1 is 1.25 bits per heavy atom. The summed E-state index contributed by atoms with van der Waals surface area (Å²) in [4.78, 5) is 7.64. The summed E-state index contributed by atoms with van der Waals surface area (Å²) >= 11 is 0. The van der Waals surface area contributed by atoms with Gasteiger partial charge in [-0.1, -0.05) is 5.21 Å². The Labute approximate surface area is 158 Å². The van der Waals surface area contributed by atoms with Crippen molar-refractivity contribution in [3.63, 3.8) is 0 Å². The summed E-state index contributed by atoms with van der Waals surface area (Å²) in [6, 6.07) is 4.20. The Morgan fingerprint density at radius 2 is 2.11 bits per heavy atom. The van der Waals surface area contributed by atoms with Crippen LogP contribution >= 0.6 is 0 Å². The van der Waals surface area contributed by atoms with Gasteiger partial charge in [0.1, 0.15) is 11.9 Å². The molecule has 0 aromatic carbocycles. The Bertz CT molecular complexity index is 970. The molecule has 3 aromatic heterocycles. The third-order valence-electron chi connectivity index (χ3n) is 4.58. The highest BCUT2D eigenvalue weighted by Crippen LogP contribution is 2.28. The Kier molecular flexibility index (Phi) is 4.82. The molecule has 0 spiro atoms. The highest BCUT2D eigenvalue weighted by Gasteiger charge is 2.32. The monoisotopic (exact) mass is 390 g/mol. The number of nitrogens with zero attached hydrogens (tertiary/aromatic N) is 5. The highest BCUT2D eigenvalue weighted by molar-refractivity contribution is 5.32. The average molecular weight is 390 g/mol. The number of aromatic nitrogens is 5. The van der Waals surface area contributed by atoms with Crippen molar-refractivity contribution in [1.29, 1.82) is 0 Å². The van der Waals surface area contributed by atoms with Gasteiger partial charge in [0.15, 0.2) is 0 Å². The van der Waals surface area contributed by atoms with Crippen LogP contribution in [0.5, 0.6) is 0 Å². The predicted octanol–water partition coefficient (Wildman–Crippen LogP) is 2.75. The number of nitrogens with one attached hydrogen (secondary N) is 1. The van der Waals surface area contributed by atoms with Crippen LogP contribution in [0.2, 0.25) is 0 Å². The summed E-state index contributed by atoms with van der Waals surface area (Å²) < 4.78 is 45.6. The Balaban J connectivity index is 1.55. The number of aryl methyl sites for hydroxylation is 1. The van der Waals surface area contributed by atoms with Crippen LogP contribution < -0.4 is 5.32 Å². The topological polar surface area (TPSA) is 77.8 Å². The van der Waals surface area contributed by atoms with Gasteiger partial charge in [-0.15, -0.1) is 5.10 Å². The van der Waals surface area contributed by atoms with E-state index in [-0.39, 0.29) is 12.8 Å². The average Bonchev–Trinajstić information content (AvgIpc) is 3.06. The number of ether oxygens (including phenoxy) is 1. The van der Waals surface area contributed by atoms with E-state index in [1.165, 1.54) is 16.3 Å². The van der Waals surface area contributed by atoms with E-state index in [1.54, 1.807) is 19.3 Å². The molecule has 0 aliphatic carbocycles. The maximum Gasteiger partial charge on any atom is 0.433 e. The van der Waals surface area contributed by atoms with Gasteiger partial charge in [0.25, 0.3) is 0 Å². The maximum absolute atomic E-state index is 12.7. The fourth-order valence-corrected chi connectivity index (χ4v) is 3.09. The standard InChI is InChI=1S/C18H17F3N6O/c1-11-15(10-28-17-14-9-22-6-4-12(14)5-7-23-17)27(26-25-11)13-2-3-16(24-8-13)18(19,20)21/h2-4,6,8-9,17,23H,5,7,10H2,1H3. The van der Waals surface area contributed by atoms with Crippen LogP contribution in [0.3, 0.4) is 0 Å². The quantitative estimate of drug-likeness (QED) is 0.738. The van der Waals surface area contributed by atoms with Crippen molar-refractivity contribution in [3.8, 4) is 5.69 Å². The van der Waals surface area contributed by atoms with E-state index in [1.807, 2.05) is 6.07 Å².